The molecule has 0 amide bonds. The van der Waals surface area contributed by atoms with Crippen LogP contribution in [0.5, 0.6) is 0 Å². The van der Waals surface area contributed by atoms with E-state index in [1.807, 2.05) is 12.2 Å². The fraction of sp³-hybridized carbons (Fsp3) is 0.273. The first-order chi connectivity index (χ1) is 7.18. The smallest absolute Gasteiger partial charge is 0.269 e. The molecule has 0 spiro atoms. The molecule has 1 aromatic rings. The van der Waals surface area contributed by atoms with E-state index in [-0.39, 0.29) is 5.69 Å². The van der Waals surface area contributed by atoms with Gasteiger partial charge in [0.15, 0.2) is 0 Å². The number of aliphatic hydroxyl groups excluding tert-OH is 1. The normalized spacial score (nSPS) is 19.4. The second-order valence-electron chi connectivity index (χ2n) is 3.57. The van der Waals surface area contributed by atoms with Gasteiger partial charge in [-0.3, -0.25) is 10.1 Å². The number of nitrogens with zero attached hydrogens (tertiary/aromatic N) is 1. The van der Waals surface area contributed by atoms with Crippen molar-refractivity contribution in [2.75, 3.05) is 0 Å². The predicted molar refractivity (Wildman–Crippen MR) is 56.3 cm³/mol. The Kier molecular flexibility index (Phi) is 2.51. The number of aliphatic hydroxyl groups is 1. The Balaban J connectivity index is 2.50. The summed E-state index contributed by atoms with van der Waals surface area (Å²) in [6.45, 7) is 0. The molecule has 78 valence electrons. The Morgan fingerprint density at radius 2 is 2.27 bits per heavy atom. The van der Waals surface area contributed by atoms with Crippen LogP contribution in [0, 0.1) is 10.1 Å². The van der Waals surface area contributed by atoms with Crippen molar-refractivity contribution >= 4 is 11.8 Å². The molecule has 1 aromatic carbocycles. The van der Waals surface area contributed by atoms with Gasteiger partial charge in [-0.1, -0.05) is 12.2 Å². The summed E-state index contributed by atoms with van der Waals surface area (Å²) in [6.07, 6.45) is 4.68. The molecular formula is C11H11NO3. The van der Waals surface area contributed by atoms with Gasteiger partial charge in [0.25, 0.3) is 5.69 Å². The minimum atomic E-state index is -0.602. The summed E-state index contributed by atoms with van der Waals surface area (Å²) in [5.41, 5.74) is 1.55. The van der Waals surface area contributed by atoms with E-state index < -0.39 is 11.0 Å². The first kappa shape index (κ1) is 9.86. The molecule has 2 rings (SSSR count). The van der Waals surface area contributed by atoms with Gasteiger partial charge in [-0.05, 0) is 30.0 Å². The lowest BCUT2D eigenvalue weighted by molar-refractivity contribution is -0.385. The lowest BCUT2D eigenvalue weighted by atomic mass is 10.0. The van der Waals surface area contributed by atoms with Crippen LogP contribution in [0.15, 0.2) is 24.3 Å². The third-order valence-corrected chi connectivity index (χ3v) is 2.54. The van der Waals surface area contributed by atoms with Crippen LogP contribution < -0.4 is 0 Å². The van der Waals surface area contributed by atoms with Crippen LogP contribution in [-0.4, -0.2) is 10.0 Å². The van der Waals surface area contributed by atoms with E-state index in [0.29, 0.717) is 12.0 Å². The molecule has 4 nitrogen and oxygen atoms in total. The number of non-ortho nitro benzene ring substituents is 1. The summed E-state index contributed by atoms with van der Waals surface area (Å²) >= 11 is 0. The highest BCUT2D eigenvalue weighted by molar-refractivity contribution is 5.58. The molecule has 0 saturated heterocycles. The van der Waals surface area contributed by atoms with Gasteiger partial charge in [-0.2, -0.15) is 0 Å². The zero-order chi connectivity index (χ0) is 10.8. The number of hydrogen-bond acceptors (Lipinski definition) is 3. The predicted octanol–water partition coefficient (Wildman–Crippen LogP) is 2.44. The van der Waals surface area contributed by atoms with E-state index in [2.05, 4.69) is 0 Å². The number of rotatable bonds is 1. The maximum Gasteiger partial charge on any atom is 0.269 e. The van der Waals surface area contributed by atoms with E-state index in [1.165, 1.54) is 12.1 Å². The summed E-state index contributed by atoms with van der Waals surface area (Å²) in [6, 6.07) is 4.59. The number of nitro groups is 1. The highest BCUT2D eigenvalue weighted by Gasteiger charge is 2.17. The molecule has 0 radical (unpaired) electrons. The van der Waals surface area contributed by atoms with Crippen molar-refractivity contribution in [2.24, 2.45) is 0 Å². The lowest BCUT2D eigenvalue weighted by Crippen LogP contribution is -1.99. The molecule has 1 atom stereocenters. The second kappa shape index (κ2) is 3.82. The van der Waals surface area contributed by atoms with Gasteiger partial charge in [0, 0.05) is 12.1 Å². The van der Waals surface area contributed by atoms with Gasteiger partial charge in [-0.15, -0.1) is 0 Å². The van der Waals surface area contributed by atoms with Crippen LogP contribution in [0.2, 0.25) is 0 Å². The number of hydrogen-bond donors (Lipinski definition) is 1. The number of nitro benzene ring substituents is 1. The van der Waals surface area contributed by atoms with Crippen molar-refractivity contribution in [1.82, 2.24) is 0 Å². The Bertz CT molecular complexity index is 426. The molecule has 0 heterocycles. The molecule has 0 saturated carbocycles. The minimum Gasteiger partial charge on any atom is -0.388 e. The fourth-order valence-corrected chi connectivity index (χ4v) is 1.74. The van der Waals surface area contributed by atoms with Gasteiger partial charge in [0.1, 0.15) is 0 Å². The zero-order valence-corrected chi connectivity index (χ0v) is 8.09. The summed E-state index contributed by atoms with van der Waals surface area (Å²) in [5, 5.41) is 20.4. The molecule has 15 heavy (non-hydrogen) atoms. The molecule has 4 heteroatoms. The van der Waals surface area contributed by atoms with Crippen LogP contribution >= 0.6 is 0 Å². The molecule has 0 fully saturated rings. The van der Waals surface area contributed by atoms with Crippen LogP contribution in [0.25, 0.3) is 6.08 Å². The standard InChI is InChI=1S/C11H11NO3/c13-11-4-2-1-3-8-5-6-9(12(14)15)7-10(8)11/h1,3,5-7,11,13H,2,4H2/t11-/m0/s1. The van der Waals surface area contributed by atoms with Gasteiger partial charge in [0.05, 0.1) is 11.0 Å². The number of fused-ring (bicyclic) bond motifs is 1. The molecule has 0 unspecified atom stereocenters. The van der Waals surface area contributed by atoms with Crippen molar-refractivity contribution in [1.29, 1.82) is 0 Å². The third-order valence-electron chi connectivity index (χ3n) is 2.54. The second-order valence-corrected chi connectivity index (χ2v) is 3.57. The summed E-state index contributed by atoms with van der Waals surface area (Å²) in [5.74, 6) is 0. The van der Waals surface area contributed by atoms with Gasteiger partial charge in [0.2, 0.25) is 0 Å². The van der Waals surface area contributed by atoms with Crippen molar-refractivity contribution in [3.8, 4) is 0 Å². The number of allylic oxidation sites excluding steroid dienone is 1. The Morgan fingerprint density at radius 3 is 3.00 bits per heavy atom. The molecule has 1 N–H and O–H groups in total. The van der Waals surface area contributed by atoms with Crippen molar-refractivity contribution in [2.45, 2.75) is 18.9 Å². The Labute approximate surface area is 87.0 Å². The van der Waals surface area contributed by atoms with E-state index >= 15 is 0 Å². The van der Waals surface area contributed by atoms with Gasteiger partial charge < -0.3 is 5.11 Å². The van der Waals surface area contributed by atoms with E-state index in [0.717, 1.165) is 12.0 Å². The van der Waals surface area contributed by atoms with Crippen LogP contribution in [0.4, 0.5) is 5.69 Å². The average molecular weight is 205 g/mol. The third kappa shape index (κ3) is 1.89. The van der Waals surface area contributed by atoms with E-state index in [1.54, 1.807) is 6.07 Å². The quantitative estimate of drug-likeness (QED) is 0.565. The Hall–Kier alpha value is -1.68. The highest BCUT2D eigenvalue weighted by atomic mass is 16.6. The molecule has 1 aliphatic carbocycles. The maximum absolute atomic E-state index is 10.6. The molecule has 1 aliphatic rings. The fourth-order valence-electron chi connectivity index (χ4n) is 1.74. The van der Waals surface area contributed by atoms with Crippen LogP contribution in [0.3, 0.4) is 0 Å². The van der Waals surface area contributed by atoms with Crippen molar-refractivity contribution in [3.63, 3.8) is 0 Å². The first-order valence-corrected chi connectivity index (χ1v) is 4.81. The van der Waals surface area contributed by atoms with E-state index in [4.69, 9.17) is 0 Å². The number of benzene rings is 1. The van der Waals surface area contributed by atoms with Crippen LogP contribution in [0.1, 0.15) is 30.1 Å². The topological polar surface area (TPSA) is 63.4 Å². The minimum absolute atomic E-state index is 0.0306. The summed E-state index contributed by atoms with van der Waals surface area (Å²) < 4.78 is 0. The Morgan fingerprint density at radius 1 is 1.47 bits per heavy atom. The average Bonchev–Trinajstić information content (AvgIpc) is 2.40. The lowest BCUT2D eigenvalue weighted by Gasteiger charge is -2.10. The maximum atomic E-state index is 10.6. The summed E-state index contributed by atoms with van der Waals surface area (Å²) in [4.78, 5) is 10.1. The highest BCUT2D eigenvalue weighted by Crippen LogP contribution is 2.29. The van der Waals surface area contributed by atoms with Crippen LogP contribution in [-0.2, 0) is 0 Å². The molecule has 0 aromatic heterocycles. The summed E-state index contributed by atoms with van der Waals surface area (Å²) in [7, 11) is 0. The molecular weight excluding hydrogens is 194 g/mol. The van der Waals surface area contributed by atoms with Gasteiger partial charge >= 0.3 is 0 Å². The monoisotopic (exact) mass is 205 g/mol. The molecule has 0 bridgehead atoms. The largest absolute Gasteiger partial charge is 0.388 e. The SMILES string of the molecule is O=[N+]([O-])c1ccc2c(c1)[C@@H](O)CCC=C2. The van der Waals surface area contributed by atoms with Crippen molar-refractivity contribution in [3.05, 3.63) is 45.5 Å². The zero-order valence-electron chi connectivity index (χ0n) is 8.09. The van der Waals surface area contributed by atoms with E-state index in [9.17, 15) is 15.2 Å². The van der Waals surface area contributed by atoms with Crippen molar-refractivity contribution < 1.29 is 10.0 Å². The molecule has 0 aliphatic heterocycles. The van der Waals surface area contributed by atoms with Gasteiger partial charge in [-0.25, -0.2) is 0 Å². The first-order valence-electron chi connectivity index (χ1n) is 4.81.